The van der Waals surface area contributed by atoms with Crippen molar-refractivity contribution < 1.29 is 14.8 Å². The Hall–Kier alpha value is -2.44. The van der Waals surface area contributed by atoms with E-state index in [9.17, 15) is 14.9 Å². The van der Waals surface area contributed by atoms with Crippen LogP contribution in [-0.4, -0.2) is 22.5 Å². The van der Waals surface area contributed by atoms with E-state index in [0.717, 1.165) is 5.56 Å². The first kappa shape index (κ1) is 17.9. The molecule has 0 aliphatic heterocycles. The third-order valence-electron chi connectivity index (χ3n) is 3.57. The molecule has 1 unspecified atom stereocenters. The molecule has 0 fully saturated rings. The van der Waals surface area contributed by atoms with Crippen molar-refractivity contribution in [2.45, 2.75) is 18.9 Å². The zero-order chi connectivity index (χ0) is 17.5. The number of carbonyl (C=O) groups excluding carboxylic acids is 1. The average Bonchev–Trinajstić information content (AvgIpc) is 2.58. The quantitative estimate of drug-likeness (QED) is 0.591. The van der Waals surface area contributed by atoms with E-state index >= 15 is 0 Å². The SMILES string of the molecule is O=C(NC(CCCO)c1ccccc1)c1cccc(Cl)c1[N+](=O)[O-]. The number of aliphatic hydroxyl groups is 1. The number of amides is 1. The summed E-state index contributed by atoms with van der Waals surface area (Å²) in [7, 11) is 0. The van der Waals surface area contributed by atoms with Gasteiger partial charge in [0.15, 0.2) is 0 Å². The Balaban J connectivity index is 2.28. The fourth-order valence-electron chi connectivity index (χ4n) is 2.42. The lowest BCUT2D eigenvalue weighted by atomic mass is 10.0. The summed E-state index contributed by atoms with van der Waals surface area (Å²) in [6.07, 6.45) is 1.01. The van der Waals surface area contributed by atoms with Crippen LogP contribution >= 0.6 is 11.6 Å². The Morgan fingerprint density at radius 2 is 1.92 bits per heavy atom. The van der Waals surface area contributed by atoms with Gasteiger partial charge in [-0.1, -0.05) is 48.0 Å². The van der Waals surface area contributed by atoms with E-state index in [4.69, 9.17) is 16.7 Å². The smallest absolute Gasteiger partial charge is 0.300 e. The van der Waals surface area contributed by atoms with Crippen molar-refractivity contribution in [1.82, 2.24) is 5.32 Å². The maximum absolute atomic E-state index is 12.5. The van der Waals surface area contributed by atoms with Gasteiger partial charge < -0.3 is 10.4 Å². The molecule has 24 heavy (non-hydrogen) atoms. The Labute approximate surface area is 144 Å². The minimum atomic E-state index is -0.664. The zero-order valence-corrected chi connectivity index (χ0v) is 13.6. The number of aliphatic hydroxyl groups excluding tert-OH is 1. The molecule has 0 bridgehead atoms. The van der Waals surface area contributed by atoms with Gasteiger partial charge in [-0.25, -0.2) is 0 Å². The van der Waals surface area contributed by atoms with Crippen LogP contribution in [0.4, 0.5) is 5.69 Å². The maximum Gasteiger partial charge on any atom is 0.300 e. The number of nitrogens with one attached hydrogen (secondary N) is 1. The van der Waals surface area contributed by atoms with E-state index < -0.39 is 16.5 Å². The molecule has 2 aromatic carbocycles. The normalized spacial score (nSPS) is 11.8. The molecule has 0 heterocycles. The standard InChI is InChI=1S/C17H17ClN2O4/c18-14-9-4-8-13(16(14)20(23)24)17(22)19-15(10-5-11-21)12-6-2-1-3-7-12/h1-4,6-9,15,21H,5,10-11H2,(H,19,22). The van der Waals surface area contributed by atoms with Gasteiger partial charge in [-0.3, -0.25) is 14.9 Å². The van der Waals surface area contributed by atoms with Gasteiger partial charge in [-0.2, -0.15) is 0 Å². The molecule has 1 atom stereocenters. The van der Waals surface area contributed by atoms with Crippen molar-refractivity contribution in [1.29, 1.82) is 0 Å². The van der Waals surface area contributed by atoms with Crippen LogP contribution < -0.4 is 5.32 Å². The molecule has 0 radical (unpaired) electrons. The van der Waals surface area contributed by atoms with E-state index in [2.05, 4.69) is 5.32 Å². The summed E-state index contributed by atoms with van der Waals surface area (Å²) in [6.45, 7) is -0.00346. The minimum Gasteiger partial charge on any atom is -0.396 e. The van der Waals surface area contributed by atoms with Crippen LogP contribution in [0.3, 0.4) is 0 Å². The zero-order valence-electron chi connectivity index (χ0n) is 12.8. The van der Waals surface area contributed by atoms with E-state index in [1.54, 1.807) is 0 Å². The third-order valence-corrected chi connectivity index (χ3v) is 3.88. The number of nitro benzene ring substituents is 1. The van der Waals surface area contributed by atoms with Crippen LogP contribution in [0.25, 0.3) is 0 Å². The van der Waals surface area contributed by atoms with Crippen LogP contribution in [0, 0.1) is 10.1 Å². The van der Waals surface area contributed by atoms with Gasteiger partial charge in [-0.05, 0) is 30.5 Å². The highest BCUT2D eigenvalue weighted by atomic mass is 35.5. The number of carbonyl (C=O) groups is 1. The minimum absolute atomic E-state index is 0.00346. The molecule has 126 valence electrons. The number of nitro groups is 1. The fraction of sp³-hybridized carbons (Fsp3) is 0.235. The lowest BCUT2D eigenvalue weighted by Gasteiger charge is -2.19. The fourth-order valence-corrected chi connectivity index (χ4v) is 2.67. The first-order chi connectivity index (χ1) is 11.5. The van der Waals surface area contributed by atoms with Crippen LogP contribution in [0.15, 0.2) is 48.5 Å². The van der Waals surface area contributed by atoms with Crippen LogP contribution in [0.1, 0.15) is 34.8 Å². The molecular weight excluding hydrogens is 332 g/mol. The van der Waals surface area contributed by atoms with Crippen molar-refractivity contribution in [2.24, 2.45) is 0 Å². The Morgan fingerprint density at radius 1 is 1.21 bits per heavy atom. The predicted molar refractivity (Wildman–Crippen MR) is 91.1 cm³/mol. The second-order valence-electron chi connectivity index (χ2n) is 5.20. The molecule has 2 N–H and O–H groups in total. The summed E-state index contributed by atoms with van der Waals surface area (Å²) >= 11 is 5.85. The maximum atomic E-state index is 12.5. The summed E-state index contributed by atoms with van der Waals surface area (Å²) in [5.41, 5.74) is 0.368. The van der Waals surface area contributed by atoms with Crippen LogP contribution in [0.2, 0.25) is 5.02 Å². The summed E-state index contributed by atoms with van der Waals surface area (Å²) in [4.78, 5) is 23.1. The highest BCUT2D eigenvalue weighted by Gasteiger charge is 2.25. The van der Waals surface area contributed by atoms with Crippen LogP contribution in [0.5, 0.6) is 0 Å². The van der Waals surface area contributed by atoms with Gasteiger partial charge in [-0.15, -0.1) is 0 Å². The molecule has 2 rings (SSSR count). The molecule has 0 saturated heterocycles. The van der Waals surface area contributed by atoms with Crippen LogP contribution in [-0.2, 0) is 0 Å². The first-order valence-electron chi connectivity index (χ1n) is 7.44. The highest BCUT2D eigenvalue weighted by Crippen LogP contribution is 2.29. The molecule has 2 aromatic rings. The van der Waals surface area contributed by atoms with E-state index in [1.807, 2.05) is 30.3 Å². The molecule has 6 nitrogen and oxygen atoms in total. The lowest BCUT2D eigenvalue weighted by Crippen LogP contribution is -2.29. The number of halogens is 1. The molecule has 1 amide bonds. The summed E-state index contributed by atoms with van der Waals surface area (Å²) < 4.78 is 0. The van der Waals surface area contributed by atoms with Gasteiger partial charge in [0, 0.05) is 6.61 Å². The largest absolute Gasteiger partial charge is 0.396 e. The van der Waals surface area contributed by atoms with Crippen molar-refractivity contribution in [2.75, 3.05) is 6.61 Å². The molecule has 7 heteroatoms. The van der Waals surface area contributed by atoms with Gasteiger partial charge in [0.1, 0.15) is 10.6 Å². The molecular formula is C17H17ClN2O4. The number of para-hydroxylation sites is 1. The van der Waals surface area contributed by atoms with Gasteiger partial charge in [0.05, 0.1) is 11.0 Å². The third kappa shape index (κ3) is 4.31. The summed E-state index contributed by atoms with van der Waals surface area (Å²) in [5, 5.41) is 22.9. The van der Waals surface area contributed by atoms with E-state index in [0.29, 0.717) is 12.8 Å². The monoisotopic (exact) mass is 348 g/mol. The number of benzene rings is 2. The average molecular weight is 349 g/mol. The second kappa shape index (κ2) is 8.42. The van der Waals surface area contributed by atoms with Crippen molar-refractivity contribution >= 4 is 23.2 Å². The van der Waals surface area contributed by atoms with E-state index in [1.165, 1.54) is 18.2 Å². The number of hydrogen-bond acceptors (Lipinski definition) is 4. The Morgan fingerprint density at radius 3 is 2.54 bits per heavy atom. The predicted octanol–water partition coefficient (Wildman–Crippen LogP) is 3.49. The second-order valence-corrected chi connectivity index (χ2v) is 5.60. The van der Waals surface area contributed by atoms with Gasteiger partial charge >= 0.3 is 5.69 Å². The highest BCUT2D eigenvalue weighted by molar-refractivity contribution is 6.33. The molecule has 0 spiro atoms. The molecule has 0 aliphatic rings. The van der Waals surface area contributed by atoms with Gasteiger partial charge in [0.25, 0.3) is 5.91 Å². The molecule has 0 aliphatic carbocycles. The van der Waals surface area contributed by atoms with Crippen molar-refractivity contribution in [3.05, 3.63) is 74.8 Å². The number of nitrogens with zero attached hydrogens (tertiary/aromatic N) is 1. The first-order valence-corrected chi connectivity index (χ1v) is 7.82. The lowest BCUT2D eigenvalue weighted by molar-refractivity contribution is -0.385. The molecule has 0 saturated carbocycles. The number of hydrogen-bond donors (Lipinski definition) is 2. The Kier molecular flexibility index (Phi) is 6.28. The summed E-state index contributed by atoms with van der Waals surface area (Å²) in [6, 6.07) is 13.1. The van der Waals surface area contributed by atoms with Crippen molar-refractivity contribution in [3.63, 3.8) is 0 Å². The molecule has 0 aromatic heterocycles. The van der Waals surface area contributed by atoms with E-state index in [-0.39, 0.29) is 23.2 Å². The van der Waals surface area contributed by atoms with Gasteiger partial charge in [0.2, 0.25) is 0 Å². The van der Waals surface area contributed by atoms with Crippen molar-refractivity contribution in [3.8, 4) is 0 Å². The summed E-state index contributed by atoms with van der Waals surface area (Å²) in [5.74, 6) is -0.573. The number of rotatable bonds is 7. The topological polar surface area (TPSA) is 92.5 Å². The Bertz CT molecular complexity index is 722.